The first-order valence-electron chi connectivity index (χ1n) is 10.7. The molecular weight excluding hydrogens is 515 g/mol. The van der Waals surface area contributed by atoms with Crippen molar-refractivity contribution in [3.63, 3.8) is 0 Å². The van der Waals surface area contributed by atoms with E-state index in [1.54, 1.807) is 18.2 Å². The van der Waals surface area contributed by atoms with Gasteiger partial charge >= 0.3 is 18.9 Å². The van der Waals surface area contributed by atoms with Gasteiger partial charge in [-0.2, -0.15) is 16.8 Å². The first-order valence-corrected chi connectivity index (χ1v) is 13.9. The summed E-state index contributed by atoms with van der Waals surface area (Å²) in [6.45, 7) is 0. The van der Waals surface area contributed by atoms with Crippen molar-refractivity contribution in [2.24, 2.45) is 0 Å². The van der Waals surface area contributed by atoms with Gasteiger partial charge in [0.25, 0.3) is 20.2 Å². The molecule has 0 aliphatic heterocycles. The molecule has 4 aromatic rings. The number of benzene rings is 4. The molecule has 2 aliphatic carbocycles. The van der Waals surface area contributed by atoms with E-state index in [1.807, 2.05) is 48.5 Å². The van der Waals surface area contributed by atoms with E-state index in [-0.39, 0.29) is 30.2 Å². The van der Waals surface area contributed by atoms with E-state index in [0.717, 1.165) is 22.3 Å². The quantitative estimate of drug-likeness (QED) is 0.310. The summed E-state index contributed by atoms with van der Waals surface area (Å²) >= 11 is 6.34. The smallest absolute Gasteiger partial charge is 1.00 e. The first kappa shape index (κ1) is 25.2. The first-order chi connectivity index (χ1) is 16.6. The topological polar surface area (TPSA) is 109 Å². The van der Waals surface area contributed by atoms with Crippen molar-refractivity contribution < 1.29 is 46.2 Å². The molecule has 0 saturated carbocycles. The second-order valence-electron chi connectivity index (χ2n) is 8.64. The number of rotatable bonds is 3. The molecule has 2 aliphatic rings. The molecule has 6 rings (SSSR count). The van der Waals surface area contributed by atoms with Gasteiger partial charge in [0.05, 0.1) is 9.92 Å². The third-order valence-electron chi connectivity index (χ3n) is 6.88. The zero-order chi connectivity index (χ0) is 24.7. The summed E-state index contributed by atoms with van der Waals surface area (Å²) in [6.07, 6.45) is 0. The maximum absolute atomic E-state index is 12.6. The van der Waals surface area contributed by atoms with Gasteiger partial charge in [-0.3, -0.25) is 9.11 Å². The Morgan fingerprint density at radius 2 is 1.11 bits per heavy atom. The Balaban J connectivity index is 0.00000160. The van der Waals surface area contributed by atoms with Crippen LogP contribution >= 0.6 is 11.6 Å². The van der Waals surface area contributed by atoms with Crippen LogP contribution in [0.1, 0.15) is 35.5 Å². The SMILES string of the molecule is O=S(=O)(O)c1cccc2c1C(C1c3ccccc3-c3ccc(Cl)c(S(=O)(=O)O)c31)c1ccccc1-2.[H-].[Li+]. The van der Waals surface area contributed by atoms with Crippen LogP contribution in [0.2, 0.25) is 5.02 Å². The largest absolute Gasteiger partial charge is 1.00 e. The summed E-state index contributed by atoms with van der Waals surface area (Å²) in [6, 6.07) is 22.6. The van der Waals surface area contributed by atoms with Crippen molar-refractivity contribution in [2.45, 2.75) is 21.6 Å². The van der Waals surface area contributed by atoms with Gasteiger partial charge in [-0.05, 0) is 56.6 Å². The van der Waals surface area contributed by atoms with Gasteiger partial charge in [0.1, 0.15) is 4.90 Å². The summed E-state index contributed by atoms with van der Waals surface area (Å²) in [5, 5.41) is -0.126. The predicted molar refractivity (Wildman–Crippen MR) is 133 cm³/mol. The van der Waals surface area contributed by atoms with E-state index in [2.05, 4.69) is 0 Å². The Labute approximate surface area is 227 Å². The van der Waals surface area contributed by atoms with E-state index in [0.29, 0.717) is 22.3 Å². The molecule has 2 N–H and O–H groups in total. The van der Waals surface area contributed by atoms with Crippen molar-refractivity contribution in [1.82, 2.24) is 0 Å². The van der Waals surface area contributed by atoms with Crippen LogP contribution in [0, 0.1) is 0 Å². The molecule has 0 aromatic heterocycles. The van der Waals surface area contributed by atoms with Crippen molar-refractivity contribution in [2.75, 3.05) is 0 Å². The summed E-state index contributed by atoms with van der Waals surface area (Å²) in [5.74, 6) is -1.36. The molecule has 0 amide bonds. The number of fused-ring (bicyclic) bond motifs is 6. The standard InChI is InChI=1S/C26H17ClO6S2.Li.H/c27-20-13-12-19-15-7-2-4-9-18(15)24(25(19)26(20)35(31,32)33)23-17-8-3-1-6-14(17)16-10-5-11-21(22(16)23)34(28,29)30;;/h1-13,23-24H,(H,28,29,30)(H,31,32,33);;/q;+1;-1. The molecule has 0 fully saturated rings. The van der Waals surface area contributed by atoms with Crippen LogP contribution in [0.15, 0.2) is 88.7 Å². The molecule has 4 aromatic carbocycles. The Bertz CT molecular complexity index is 1790. The minimum Gasteiger partial charge on any atom is -1.00 e. The normalized spacial score (nSPS) is 17.5. The summed E-state index contributed by atoms with van der Waals surface area (Å²) in [4.78, 5) is -0.634. The van der Waals surface area contributed by atoms with E-state index in [9.17, 15) is 25.9 Å². The summed E-state index contributed by atoms with van der Waals surface area (Å²) in [7, 11) is -9.34. The monoisotopic (exact) mass is 532 g/mol. The number of halogens is 1. The second kappa shape index (κ2) is 8.57. The third-order valence-corrected chi connectivity index (χ3v) is 9.17. The van der Waals surface area contributed by atoms with Crippen LogP contribution in [0.3, 0.4) is 0 Å². The van der Waals surface area contributed by atoms with E-state index in [1.165, 1.54) is 12.1 Å². The van der Waals surface area contributed by atoms with E-state index >= 15 is 0 Å². The van der Waals surface area contributed by atoms with Crippen LogP contribution in [0.5, 0.6) is 0 Å². The summed E-state index contributed by atoms with van der Waals surface area (Å²) < 4.78 is 70.4. The number of hydrogen-bond acceptors (Lipinski definition) is 4. The van der Waals surface area contributed by atoms with Crippen LogP contribution in [0.25, 0.3) is 22.3 Å². The van der Waals surface area contributed by atoms with Gasteiger partial charge in [-0.1, -0.05) is 78.3 Å². The fraction of sp³-hybridized carbons (Fsp3) is 0.0769. The van der Waals surface area contributed by atoms with Gasteiger partial charge in [-0.25, -0.2) is 0 Å². The Kier molecular flexibility index (Phi) is 6.01. The Morgan fingerprint density at radius 3 is 1.67 bits per heavy atom. The molecule has 10 heteroatoms. The van der Waals surface area contributed by atoms with Gasteiger partial charge in [0.15, 0.2) is 0 Å². The molecule has 6 nitrogen and oxygen atoms in total. The molecule has 0 radical (unpaired) electrons. The molecule has 0 saturated heterocycles. The third kappa shape index (κ3) is 3.60. The molecule has 2 unspecified atom stereocenters. The number of hydrogen-bond donors (Lipinski definition) is 2. The van der Waals surface area contributed by atoms with Gasteiger partial charge < -0.3 is 1.43 Å². The van der Waals surface area contributed by atoms with Crippen molar-refractivity contribution >= 4 is 31.8 Å². The molecule has 0 bridgehead atoms. The predicted octanol–water partition coefficient (Wildman–Crippen LogP) is 2.87. The molecule has 0 spiro atoms. The minimum atomic E-state index is -4.73. The Hall–Kier alpha value is -2.41. The zero-order valence-corrected chi connectivity index (χ0v) is 21.3. The van der Waals surface area contributed by atoms with E-state index in [4.69, 9.17) is 11.6 Å². The molecule has 178 valence electrons. The van der Waals surface area contributed by atoms with Gasteiger partial charge in [0.2, 0.25) is 0 Å². The average molecular weight is 533 g/mol. The maximum atomic E-state index is 12.6. The van der Waals surface area contributed by atoms with Gasteiger partial charge in [-0.15, -0.1) is 0 Å². The molecule has 2 atom stereocenters. The molecule has 0 heterocycles. The van der Waals surface area contributed by atoms with E-state index < -0.39 is 37.0 Å². The summed E-state index contributed by atoms with van der Waals surface area (Å²) in [5.41, 5.74) is 5.03. The van der Waals surface area contributed by atoms with Crippen molar-refractivity contribution in [3.05, 3.63) is 106 Å². The van der Waals surface area contributed by atoms with Crippen molar-refractivity contribution in [1.29, 1.82) is 0 Å². The maximum Gasteiger partial charge on any atom is 1.00 e. The van der Waals surface area contributed by atoms with Crippen LogP contribution in [0.4, 0.5) is 0 Å². The fourth-order valence-corrected chi connectivity index (χ4v) is 7.79. The van der Waals surface area contributed by atoms with Crippen LogP contribution in [-0.4, -0.2) is 25.9 Å². The molecular formula is C26H18ClLiO6S2. The average Bonchev–Trinajstić information content (AvgIpc) is 3.29. The Morgan fingerprint density at radius 1 is 0.611 bits per heavy atom. The van der Waals surface area contributed by atoms with Gasteiger partial charge in [0, 0.05) is 11.8 Å². The molecule has 36 heavy (non-hydrogen) atoms. The fourth-order valence-electron chi connectivity index (χ4n) is 5.73. The minimum absolute atomic E-state index is 0. The van der Waals surface area contributed by atoms with Crippen molar-refractivity contribution in [3.8, 4) is 22.3 Å². The van der Waals surface area contributed by atoms with Crippen LogP contribution < -0.4 is 18.9 Å². The van der Waals surface area contributed by atoms with Crippen LogP contribution in [-0.2, 0) is 20.2 Å². The second-order valence-corrected chi connectivity index (χ2v) is 11.8. The zero-order valence-electron chi connectivity index (χ0n) is 19.9.